The average molecular weight is 409 g/mol. The quantitative estimate of drug-likeness (QED) is 0.460. The Kier molecular flexibility index (Phi) is 13.0. The van der Waals surface area contributed by atoms with Crippen molar-refractivity contribution in [2.45, 2.75) is 53.2 Å². The van der Waals surface area contributed by atoms with Crippen molar-refractivity contribution in [3.05, 3.63) is 0 Å². The predicted molar refractivity (Wildman–Crippen MR) is 102 cm³/mol. The Morgan fingerprint density at radius 1 is 0.852 bits per heavy atom. The molecule has 0 spiro atoms. The lowest BCUT2D eigenvalue weighted by Crippen LogP contribution is -2.27. The van der Waals surface area contributed by atoms with Crippen LogP contribution in [-0.2, 0) is 28.7 Å². The van der Waals surface area contributed by atoms with Crippen molar-refractivity contribution in [2.75, 3.05) is 13.9 Å². The first kappa shape index (κ1) is 27.6. The van der Waals surface area contributed by atoms with Crippen LogP contribution < -0.4 is 0 Å². The fraction of sp³-hybridized carbons (Fsp3) is 0.778. The van der Waals surface area contributed by atoms with Crippen LogP contribution in [0.15, 0.2) is 0 Å². The third kappa shape index (κ3) is 12.4. The van der Waals surface area contributed by atoms with Crippen LogP contribution in [0.4, 0.5) is 0 Å². The number of hydrogen-bond acceptors (Lipinski definition) is 7. The van der Waals surface area contributed by atoms with E-state index in [0.717, 1.165) is 0 Å². The lowest BCUT2D eigenvalue weighted by atomic mass is 9.97. The van der Waals surface area contributed by atoms with Crippen LogP contribution >= 0.6 is 11.8 Å². The molecule has 0 aromatic heterocycles. The molecule has 9 heteroatoms. The molecule has 0 radical (unpaired) electrons. The summed E-state index contributed by atoms with van der Waals surface area (Å²) in [6, 6.07) is 0. The van der Waals surface area contributed by atoms with E-state index in [9.17, 15) is 19.2 Å². The molecule has 0 fully saturated rings. The van der Waals surface area contributed by atoms with Gasteiger partial charge in [-0.1, -0.05) is 60.2 Å². The zero-order valence-electron chi connectivity index (χ0n) is 17.3. The van der Waals surface area contributed by atoms with Crippen LogP contribution in [0.2, 0.25) is 0 Å². The van der Waals surface area contributed by atoms with Crippen molar-refractivity contribution in [1.82, 2.24) is 0 Å². The minimum Gasteiger partial charge on any atom is -0.481 e. The number of carbonyl (C=O) groups is 4. The predicted octanol–water partition coefficient (Wildman–Crippen LogP) is 2.89. The molecule has 0 heterocycles. The number of aliphatic carboxylic acids is 2. The van der Waals surface area contributed by atoms with E-state index in [2.05, 4.69) is 9.47 Å². The number of esters is 1. The van der Waals surface area contributed by atoms with E-state index in [-0.39, 0.29) is 16.7 Å². The summed E-state index contributed by atoms with van der Waals surface area (Å²) in [5.74, 6) is -4.94. The summed E-state index contributed by atoms with van der Waals surface area (Å²) in [5.41, 5.74) is 0. The highest BCUT2D eigenvalue weighted by atomic mass is 32.2. The Hall–Kier alpha value is -1.61. The Balaban J connectivity index is 0. The van der Waals surface area contributed by atoms with E-state index in [4.69, 9.17) is 10.2 Å². The summed E-state index contributed by atoms with van der Waals surface area (Å²) >= 11 is 1.21. The highest BCUT2D eigenvalue weighted by Gasteiger charge is 2.29. The highest BCUT2D eigenvalue weighted by molar-refractivity contribution is 8.14. The zero-order chi connectivity index (χ0) is 21.9. The van der Waals surface area contributed by atoms with Gasteiger partial charge in [0, 0.05) is 17.8 Å². The first-order valence-corrected chi connectivity index (χ1v) is 9.31. The number of rotatable bonds is 8. The standard InChI is InChI=1S/C10H18O3S.C8H14O5/c1-6(8(11)12)7(2)9(13)14-10(3,4)5;1-5(7(9)10)6(2)8(11)13-4-12-3/h6-7H,1-5H3,(H,11,12);5-6H,4H2,1-3H3,(H,9,10). The fourth-order valence-electron chi connectivity index (χ4n) is 1.48. The molecular weight excluding hydrogens is 376 g/mol. The van der Waals surface area contributed by atoms with Gasteiger partial charge in [0.15, 0.2) is 11.9 Å². The summed E-state index contributed by atoms with van der Waals surface area (Å²) in [5, 5.41) is 17.3. The van der Waals surface area contributed by atoms with Crippen molar-refractivity contribution in [2.24, 2.45) is 23.7 Å². The van der Waals surface area contributed by atoms with Gasteiger partial charge in [-0.05, 0) is 0 Å². The number of thioether (sulfide) groups is 1. The summed E-state index contributed by atoms with van der Waals surface area (Å²) < 4.78 is 8.96. The molecule has 27 heavy (non-hydrogen) atoms. The molecule has 8 nitrogen and oxygen atoms in total. The number of carboxylic acids is 2. The van der Waals surface area contributed by atoms with Gasteiger partial charge in [0.05, 0.1) is 17.8 Å². The first-order chi connectivity index (χ1) is 12.2. The van der Waals surface area contributed by atoms with Gasteiger partial charge < -0.3 is 19.7 Å². The molecule has 4 unspecified atom stereocenters. The fourth-order valence-corrected chi connectivity index (χ4v) is 2.47. The van der Waals surface area contributed by atoms with Crippen molar-refractivity contribution >= 4 is 34.8 Å². The van der Waals surface area contributed by atoms with Crippen LogP contribution in [0.25, 0.3) is 0 Å². The largest absolute Gasteiger partial charge is 0.481 e. The number of ether oxygens (including phenoxy) is 2. The summed E-state index contributed by atoms with van der Waals surface area (Å²) in [6.07, 6.45) is 0. The average Bonchev–Trinajstić information content (AvgIpc) is 2.55. The molecule has 0 aromatic rings. The summed E-state index contributed by atoms with van der Waals surface area (Å²) in [4.78, 5) is 43.8. The van der Waals surface area contributed by atoms with E-state index in [0.29, 0.717) is 0 Å². The molecule has 4 atom stereocenters. The van der Waals surface area contributed by atoms with Crippen molar-refractivity contribution in [3.63, 3.8) is 0 Å². The molecule has 0 aromatic carbocycles. The lowest BCUT2D eigenvalue weighted by Gasteiger charge is -2.20. The molecule has 158 valence electrons. The lowest BCUT2D eigenvalue weighted by molar-refractivity contribution is -0.164. The van der Waals surface area contributed by atoms with Crippen molar-refractivity contribution in [1.29, 1.82) is 0 Å². The molecule has 0 saturated carbocycles. The first-order valence-electron chi connectivity index (χ1n) is 8.49. The van der Waals surface area contributed by atoms with E-state index in [1.54, 1.807) is 13.8 Å². The second-order valence-electron chi connectivity index (χ2n) is 7.23. The van der Waals surface area contributed by atoms with Gasteiger partial charge in [0.1, 0.15) is 0 Å². The monoisotopic (exact) mass is 408 g/mol. The zero-order valence-corrected chi connectivity index (χ0v) is 18.1. The molecule has 0 amide bonds. The number of carbonyl (C=O) groups excluding carboxylic acids is 2. The SMILES string of the molecule is CC(C(=O)O)C(C)C(=O)SC(C)(C)C.COCOC(=O)C(C)C(C)C(=O)O. The van der Waals surface area contributed by atoms with E-state index in [1.165, 1.54) is 32.7 Å². The van der Waals surface area contributed by atoms with Crippen LogP contribution in [0.5, 0.6) is 0 Å². The van der Waals surface area contributed by atoms with Gasteiger partial charge in [-0.3, -0.25) is 19.2 Å². The second-order valence-corrected chi connectivity index (χ2v) is 9.07. The van der Waals surface area contributed by atoms with Crippen molar-refractivity contribution < 1.29 is 38.9 Å². The Morgan fingerprint density at radius 2 is 1.26 bits per heavy atom. The van der Waals surface area contributed by atoms with Crippen LogP contribution in [0, 0.1) is 23.7 Å². The van der Waals surface area contributed by atoms with Crippen molar-refractivity contribution in [3.8, 4) is 0 Å². The topological polar surface area (TPSA) is 127 Å². The van der Waals surface area contributed by atoms with Gasteiger partial charge in [-0.25, -0.2) is 0 Å². The molecule has 0 aliphatic carbocycles. The molecular formula is C18H32O8S. The van der Waals surface area contributed by atoms with E-state index < -0.39 is 41.6 Å². The molecule has 0 aliphatic heterocycles. The smallest absolute Gasteiger partial charge is 0.311 e. The third-order valence-corrected chi connectivity index (χ3v) is 4.93. The highest BCUT2D eigenvalue weighted by Crippen LogP contribution is 2.29. The van der Waals surface area contributed by atoms with Gasteiger partial charge in [-0.2, -0.15) is 0 Å². The minimum absolute atomic E-state index is 0.0487. The molecule has 0 bridgehead atoms. The Morgan fingerprint density at radius 3 is 1.59 bits per heavy atom. The van der Waals surface area contributed by atoms with Gasteiger partial charge in [0.2, 0.25) is 0 Å². The summed E-state index contributed by atoms with van der Waals surface area (Å²) in [7, 11) is 1.39. The molecule has 0 aliphatic rings. The number of hydrogen-bond donors (Lipinski definition) is 2. The van der Waals surface area contributed by atoms with Crippen LogP contribution in [0.3, 0.4) is 0 Å². The Bertz CT molecular complexity index is 512. The maximum Gasteiger partial charge on any atom is 0.311 e. The van der Waals surface area contributed by atoms with E-state index >= 15 is 0 Å². The normalized spacial score (nSPS) is 15.4. The summed E-state index contributed by atoms with van der Waals surface area (Å²) in [6.45, 7) is 11.9. The molecule has 0 rings (SSSR count). The second kappa shape index (κ2) is 12.7. The van der Waals surface area contributed by atoms with Gasteiger partial charge in [-0.15, -0.1) is 0 Å². The number of methoxy groups -OCH3 is 1. The minimum atomic E-state index is -1.01. The maximum atomic E-state index is 11.6. The number of carboxylic acid groups (broad SMARTS) is 2. The Labute approximate surface area is 165 Å². The van der Waals surface area contributed by atoms with Gasteiger partial charge >= 0.3 is 17.9 Å². The van der Waals surface area contributed by atoms with Crippen LogP contribution in [-0.4, -0.2) is 51.9 Å². The molecule has 2 N–H and O–H groups in total. The third-order valence-electron chi connectivity index (χ3n) is 3.75. The molecule has 0 saturated heterocycles. The van der Waals surface area contributed by atoms with Crippen LogP contribution in [0.1, 0.15) is 48.5 Å². The van der Waals surface area contributed by atoms with E-state index in [1.807, 2.05) is 20.8 Å². The maximum absolute atomic E-state index is 11.6. The van der Waals surface area contributed by atoms with Gasteiger partial charge in [0.25, 0.3) is 0 Å².